The predicted octanol–water partition coefficient (Wildman–Crippen LogP) is 2.85. The van der Waals surface area contributed by atoms with Crippen LogP contribution in [0.1, 0.15) is 18.5 Å². The molecule has 2 aromatic carbocycles. The van der Waals surface area contributed by atoms with Crippen molar-refractivity contribution in [1.82, 2.24) is 0 Å². The average molecular weight is 352 g/mol. The largest absolute Gasteiger partial charge is 0.333 e. The van der Waals surface area contributed by atoms with Gasteiger partial charge in [0.15, 0.2) is 6.54 Å². The normalized spacial score (nSPS) is 12.0. The Bertz CT molecular complexity index is 619. The van der Waals surface area contributed by atoms with Gasteiger partial charge in [-0.2, -0.15) is 0 Å². The monoisotopic (exact) mass is 351 g/mol. The van der Waals surface area contributed by atoms with E-state index in [9.17, 15) is 9.18 Å². The molecule has 3 N–H and O–H groups in total. The third-order valence-electron chi connectivity index (χ3n) is 3.19. The molecule has 2 rings (SSSR count). The minimum Gasteiger partial charge on any atom is -0.333 e. The summed E-state index contributed by atoms with van der Waals surface area (Å²) in [4.78, 5) is 11.9. The van der Waals surface area contributed by atoms with E-state index in [2.05, 4.69) is 21.2 Å². The van der Waals surface area contributed by atoms with Gasteiger partial charge in [-0.1, -0.05) is 46.3 Å². The van der Waals surface area contributed by atoms with Crippen LogP contribution in [0.25, 0.3) is 0 Å². The number of rotatable bonds is 5. The van der Waals surface area contributed by atoms with Gasteiger partial charge in [0.05, 0.1) is 5.69 Å². The lowest BCUT2D eigenvalue weighted by Crippen LogP contribution is -2.86. The molecule has 0 aliphatic heterocycles. The molecule has 0 fully saturated rings. The van der Waals surface area contributed by atoms with Gasteiger partial charge in [0, 0.05) is 10.0 Å². The maximum atomic E-state index is 13.6. The van der Waals surface area contributed by atoms with Crippen LogP contribution in [0.2, 0.25) is 0 Å². The first-order valence-electron chi connectivity index (χ1n) is 6.69. The highest BCUT2D eigenvalue weighted by Gasteiger charge is 2.12. The van der Waals surface area contributed by atoms with E-state index in [1.54, 1.807) is 6.07 Å². The summed E-state index contributed by atoms with van der Waals surface area (Å²) in [5.41, 5.74) is 1.35. The molecular formula is C16H17BrFN2O+. The molecule has 0 saturated heterocycles. The molecule has 0 aromatic heterocycles. The summed E-state index contributed by atoms with van der Waals surface area (Å²) in [7, 11) is 0. The van der Waals surface area contributed by atoms with E-state index in [1.807, 2.05) is 42.6 Å². The van der Waals surface area contributed by atoms with Gasteiger partial charge in [0.2, 0.25) is 0 Å². The fourth-order valence-electron chi connectivity index (χ4n) is 1.97. The minimum atomic E-state index is -0.450. The Morgan fingerprint density at radius 2 is 2.00 bits per heavy atom. The standard InChI is InChI=1S/C16H16BrFN2O/c1-11(12-5-3-2-4-6-12)19-10-16(21)20-15-8-7-13(17)9-14(15)18/h2-9,11,19H,10H2,1H3,(H,20,21)/p+1/t11-/m0/s1. The van der Waals surface area contributed by atoms with Crippen molar-refractivity contribution in [2.75, 3.05) is 11.9 Å². The van der Waals surface area contributed by atoms with Crippen LogP contribution in [0.4, 0.5) is 10.1 Å². The quantitative estimate of drug-likeness (QED) is 0.854. The number of carbonyl (C=O) groups excluding carboxylic acids is 1. The van der Waals surface area contributed by atoms with Gasteiger partial charge in [-0.25, -0.2) is 4.39 Å². The summed E-state index contributed by atoms with van der Waals surface area (Å²) in [6.45, 7) is 2.27. The molecule has 0 spiro atoms. The molecule has 1 amide bonds. The summed E-state index contributed by atoms with van der Waals surface area (Å²) < 4.78 is 14.3. The highest BCUT2D eigenvalue weighted by atomic mass is 79.9. The summed E-state index contributed by atoms with van der Waals surface area (Å²) in [6.07, 6.45) is 0. The van der Waals surface area contributed by atoms with Crippen LogP contribution < -0.4 is 10.6 Å². The Balaban J connectivity index is 1.87. The van der Waals surface area contributed by atoms with Crippen molar-refractivity contribution in [2.45, 2.75) is 13.0 Å². The number of hydrogen-bond donors (Lipinski definition) is 2. The molecule has 0 heterocycles. The van der Waals surface area contributed by atoms with Crippen molar-refractivity contribution >= 4 is 27.5 Å². The Morgan fingerprint density at radius 1 is 1.29 bits per heavy atom. The van der Waals surface area contributed by atoms with E-state index in [0.717, 1.165) is 5.56 Å². The number of hydrogen-bond acceptors (Lipinski definition) is 1. The third kappa shape index (κ3) is 4.65. The Hall–Kier alpha value is -1.72. The van der Waals surface area contributed by atoms with Crippen LogP contribution in [0.15, 0.2) is 53.0 Å². The van der Waals surface area contributed by atoms with E-state index in [0.29, 0.717) is 4.47 Å². The molecule has 0 radical (unpaired) electrons. The summed E-state index contributed by atoms with van der Waals surface area (Å²) in [5.74, 6) is -0.673. The number of nitrogens with one attached hydrogen (secondary N) is 1. The highest BCUT2D eigenvalue weighted by molar-refractivity contribution is 9.10. The van der Waals surface area contributed by atoms with Gasteiger partial charge >= 0.3 is 0 Å². The molecule has 5 heteroatoms. The zero-order valence-corrected chi connectivity index (χ0v) is 13.2. The number of benzene rings is 2. The van der Waals surface area contributed by atoms with E-state index < -0.39 is 5.82 Å². The first-order chi connectivity index (χ1) is 10.1. The maximum Gasteiger partial charge on any atom is 0.279 e. The van der Waals surface area contributed by atoms with E-state index in [4.69, 9.17) is 0 Å². The van der Waals surface area contributed by atoms with Crippen LogP contribution >= 0.6 is 15.9 Å². The van der Waals surface area contributed by atoms with Gasteiger partial charge in [-0.15, -0.1) is 0 Å². The van der Waals surface area contributed by atoms with Crippen molar-refractivity contribution in [3.63, 3.8) is 0 Å². The van der Waals surface area contributed by atoms with Crippen molar-refractivity contribution in [1.29, 1.82) is 0 Å². The van der Waals surface area contributed by atoms with Gasteiger partial charge in [-0.05, 0) is 25.1 Å². The number of carbonyl (C=O) groups is 1. The smallest absolute Gasteiger partial charge is 0.279 e. The average Bonchev–Trinajstić information content (AvgIpc) is 2.48. The van der Waals surface area contributed by atoms with Crippen LogP contribution in [0, 0.1) is 5.82 Å². The fourth-order valence-corrected chi connectivity index (χ4v) is 2.30. The second-order valence-electron chi connectivity index (χ2n) is 4.81. The first kappa shape index (κ1) is 15.7. The Labute approximate surface area is 131 Å². The molecule has 0 aliphatic rings. The van der Waals surface area contributed by atoms with Gasteiger partial charge < -0.3 is 10.6 Å². The topological polar surface area (TPSA) is 45.7 Å². The van der Waals surface area contributed by atoms with E-state index in [-0.39, 0.29) is 24.2 Å². The predicted molar refractivity (Wildman–Crippen MR) is 84.4 cm³/mol. The molecule has 110 valence electrons. The van der Waals surface area contributed by atoms with Crippen molar-refractivity contribution in [3.05, 3.63) is 64.4 Å². The number of halogens is 2. The SMILES string of the molecule is C[C@H]([NH2+]CC(=O)Nc1ccc(Br)cc1F)c1ccccc1. The van der Waals surface area contributed by atoms with Crippen LogP contribution in [-0.2, 0) is 4.79 Å². The van der Waals surface area contributed by atoms with Gasteiger partial charge in [0.1, 0.15) is 11.9 Å². The maximum absolute atomic E-state index is 13.6. The third-order valence-corrected chi connectivity index (χ3v) is 3.68. The summed E-state index contributed by atoms with van der Waals surface area (Å²) in [5, 5.41) is 4.50. The van der Waals surface area contributed by atoms with Gasteiger partial charge in [-0.3, -0.25) is 4.79 Å². The van der Waals surface area contributed by atoms with Gasteiger partial charge in [0.25, 0.3) is 5.91 Å². The lowest BCUT2D eigenvalue weighted by molar-refractivity contribution is -0.682. The highest BCUT2D eigenvalue weighted by Crippen LogP contribution is 2.19. The lowest BCUT2D eigenvalue weighted by Gasteiger charge is -2.11. The van der Waals surface area contributed by atoms with Crippen LogP contribution in [-0.4, -0.2) is 12.5 Å². The summed E-state index contributed by atoms with van der Waals surface area (Å²) in [6, 6.07) is 14.7. The molecule has 0 bridgehead atoms. The Morgan fingerprint density at radius 3 is 2.67 bits per heavy atom. The molecule has 1 atom stereocenters. The molecule has 21 heavy (non-hydrogen) atoms. The Kier molecular flexibility index (Phi) is 5.47. The number of nitrogens with two attached hydrogens (primary N) is 1. The molecule has 0 aliphatic carbocycles. The van der Waals surface area contributed by atoms with Crippen molar-refractivity contribution in [3.8, 4) is 0 Å². The lowest BCUT2D eigenvalue weighted by atomic mass is 10.1. The van der Waals surface area contributed by atoms with Crippen molar-refractivity contribution in [2.24, 2.45) is 0 Å². The van der Waals surface area contributed by atoms with Crippen LogP contribution in [0.3, 0.4) is 0 Å². The molecule has 3 nitrogen and oxygen atoms in total. The second-order valence-corrected chi connectivity index (χ2v) is 5.73. The van der Waals surface area contributed by atoms with Crippen molar-refractivity contribution < 1.29 is 14.5 Å². The number of quaternary nitrogens is 1. The zero-order chi connectivity index (χ0) is 15.2. The van der Waals surface area contributed by atoms with E-state index >= 15 is 0 Å². The minimum absolute atomic E-state index is 0.173. The number of anilines is 1. The molecular weight excluding hydrogens is 335 g/mol. The molecule has 0 saturated carbocycles. The van der Waals surface area contributed by atoms with Crippen LogP contribution in [0.5, 0.6) is 0 Å². The zero-order valence-electron chi connectivity index (χ0n) is 11.6. The fraction of sp³-hybridized carbons (Fsp3) is 0.188. The molecule has 0 unspecified atom stereocenters. The molecule has 2 aromatic rings. The summed E-state index contributed by atoms with van der Waals surface area (Å²) >= 11 is 3.18. The number of amides is 1. The van der Waals surface area contributed by atoms with E-state index in [1.165, 1.54) is 12.1 Å². The first-order valence-corrected chi connectivity index (χ1v) is 7.48. The second kappa shape index (κ2) is 7.33.